The Labute approximate surface area is 151 Å². The number of piperazine rings is 1. The van der Waals surface area contributed by atoms with Crippen molar-refractivity contribution in [2.45, 2.75) is 12.5 Å². The van der Waals surface area contributed by atoms with Crippen molar-refractivity contribution in [3.63, 3.8) is 0 Å². The van der Waals surface area contributed by atoms with E-state index in [-0.39, 0.29) is 17.7 Å². The highest BCUT2D eigenvalue weighted by atomic mass is 35.5. The summed E-state index contributed by atoms with van der Waals surface area (Å²) >= 11 is 5.85. The first-order valence-electron chi connectivity index (χ1n) is 8.28. The smallest absolute Gasteiger partial charge is 0.270 e. The molecular formula is C20H17ClN2O2. The lowest BCUT2D eigenvalue weighted by Crippen LogP contribution is -2.51. The Morgan fingerprint density at radius 1 is 1.16 bits per heavy atom. The molecule has 2 aromatic rings. The molecule has 25 heavy (non-hydrogen) atoms. The topological polar surface area (TPSA) is 49.4 Å². The van der Waals surface area contributed by atoms with Gasteiger partial charge in [0.25, 0.3) is 5.91 Å². The summed E-state index contributed by atoms with van der Waals surface area (Å²) in [6.45, 7) is 1.29. The van der Waals surface area contributed by atoms with E-state index in [4.69, 9.17) is 11.6 Å². The van der Waals surface area contributed by atoms with Crippen molar-refractivity contribution in [1.82, 2.24) is 10.2 Å². The number of allylic oxidation sites excluding steroid dienone is 1. The van der Waals surface area contributed by atoms with Crippen molar-refractivity contribution < 1.29 is 9.59 Å². The molecule has 1 saturated heterocycles. The first kappa shape index (κ1) is 15.9. The number of benzene rings is 2. The molecule has 5 heteroatoms. The Bertz CT molecular complexity index is 874. The largest absolute Gasteiger partial charge is 0.378 e. The van der Waals surface area contributed by atoms with E-state index >= 15 is 0 Å². The van der Waals surface area contributed by atoms with E-state index in [0.717, 1.165) is 6.42 Å². The molecule has 0 unspecified atom stereocenters. The highest BCUT2D eigenvalue weighted by Crippen LogP contribution is 2.32. The fourth-order valence-electron chi connectivity index (χ4n) is 3.49. The second kappa shape index (κ2) is 6.37. The predicted molar refractivity (Wildman–Crippen MR) is 96.5 cm³/mol. The van der Waals surface area contributed by atoms with Gasteiger partial charge in [0, 0.05) is 29.8 Å². The van der Waals surface area contributed by atoms with Crippen molar-refractivity contribution >= 4 is 23.3 Å². The fraction of sp³-hybridized carbons (Fsp3) is 0.200. The van der Waals surface area contributed by atoms with E-state index in [2.05, 4.69) is 17.4 Å². The molecule has 4 rings (SSSR count). The monoisotopic (exact) mass is 352 g/mol. The zero-order valence-electron chi connectivity index (χ0n) is 13.5. The second-order valence-corrected chi connectivity index (χ2v) is 6.71. The molecule has 0 saturated carbocycles. The van der Waals surface area contributed by atoms with Gasteiger partial charge in [0.1, 0.15) is 5.70 Å². The number of amides is 1. The molecular weight excluding hydrogens is 336 g/mol. The lowest BCUT2D eigenvalue weighted by Gasteiger charge is -2.41. The Hall–Kier alpha value is -2.59. The van der Waals surface area contributed by atoms with E-state index in [0.29, 0.717) is 29.4 Å². The molecule has 1 N–H and O–H groups in total. The Morgan fingerprint density at radius 3 is 2.72 bits per heavy atom. The molecule has 2 aliphatic heterocycles. The van der Waals surface area contributed by atoms with Gasteiger partial charge in [-0.2, -0.15) is 0 Å². The van der Waals surface area contributed by atoms with Crippen LogP contribution in [0.2, 0.25) is 5.02 Å². The molecule has 2 aromatic carbocycles. The van der Waals surface area contributed by atoms with Crippen LogP contribution in [0.5, 0.6) is 0 Å². The molecule has 1 atom stereocenters. The van der Waals surface area contributed by atoms with Gasteiger partial charge in [-0.05, 0) is 41.8 Å². The van der Waals surface area contributed by atoms with Crippen LogP contribution in [-0.2, 0) is 11.2 Å². The molecule has 4 nitrogen and oxygen atoms in total. The van der Waals surface area contributed by atoms with Gasteiger partial charge in [0.2, 0.25) is 0 Å². The van der Waals surface area contributed by atoms with Crippen LogP contribution in [0.15, 0.2) is 60.3 Å². The first-order valence-corrected chi connectivity index (χ1v) is 8.65. The molecule has 0 radical (unpaired) electrons. The summed E-state index contributed by atoms with van der Waals surface area (Å²) in [5.74, 6) is -0.323. The SMILES string of the molecule is O=C(/C=C1/NC[C@@H]2c3ccccc3CCN2C1=O)c1ccc(Cl)cc1. The van der Waals surface area contributed by atoms with Crippen LogP contribution in [-0.4, -0.2) is 29.7 Å². The lowest BCUT2D eigenvalue weighted by molar-refractivity contribution is -0.132. The van der Waals surface area contributed by atoms with Gasteiger partial charge in [-0.15, -0.1) is 0 Å². The minimum absolute atomic E-state index is 0.0280. The van der Waals surface area contributed by atoms with Crippen LogP contribution in [0.25, 0.3) is 0 Å². The van der Waals surface area contributed by atoms with Crippen LogP contribution in [0, 0.1) is 0 Å². The van der Waals surface area contributed by atoms with Gasteiger partial charge in [0.15, 0.2) is 5.78 Å². The zero-order valence-corrected chi connectivity index (χ0v) is 14.3. The van der Waals surface area contributed by atoms with Crippen LogP contribution in [0.3, 0.4) is 0 Å². The maximum absolute atomic E-state index is 12.8. The molecule has 126 valence electrons. The molecule has 2 heterocycles. The number of hydrogen-bond acceptors (Lipinski definition) is 3. The second-order valence-electron chi connectivity index (χ2n) is 6.27. The summed E-state index contributed by atoms with van der Waals surface area (Å²) < 4.78 is 0. The maximum atomic E-state index is 12.8. The van der Waals surface area contributed by atoms with E-state index < -0.39 is 0 Å². The number of ketones is 1. The van der Waals surface area contributed by atoms with Crippen molar-refractivity contribution in [3.05, 3.63) is 82.0 Å². The molecule has 1 amide bonds. The van der Waals surface area contributed by atoms with E-state index in [1.54, 1.807) is 24.3 Å². The number of nitrogens with zero attached hydrogens (tertiary/aromatic N) is 1. The average Bonchev–Trinajstić information content (AvgIpc) is 2.64. The van der Waals surface area contributed by atoms with Gasteiger partial charge in [0.05, 0.1) is 6.04 Å². The van der Waals surface area contributed by atoms with Gasteiger partial charge >= 0.3 is 0 Å². The molecule has 0 aliphatic carbocycles. The van der Waals surface area contributed by atoms with Gasteiger partial charge in [-0.25, -0.2) is 0 Å². The van der Waals surface area contributed by atoms with Crippen LogP contribution in [0.4, 0.5) is 0 Å². The third-order valence-corrected chi connectivity index (χ3v) is 5.05. The average molecular weight is 353 g/mol. The molecule has 2 aliphatic rings. The third kappa shape index (κ3) is 2.94. The molecule has 0 spiro atoms. The molecule has 1 fully saturated rings. The number of rotatable bonds is 2. The summed E-state index contributed by atoms with van der Waals surface area (Å²) in [6, 6.07) is 14.9. The fourth-order valence-corrected chi connectivity index (χ4v) is 3.62. The highest BCUT2D eigenvalue weighted by Gasteiger charge is 2.36. The molecule has 0 aromatic heterocycles. The van der Waals surface area contributed by atoms with E-state index in [9.17, 15) is 9.59 Å². The minimum Gasteiger partial charge on any atom is -0.378 e. The Morgan fingerprint density at radius 2 is 1.92 bits per heavy atom. The number of halogens is 1. The maximum Gasteiger partial charge on any atom is 0.270 e. The van der Waals surface area contributed by atoms with Crippen molar-refractivity contribution in [3.8, 4) is 0 Å². The minimum atomic E-state index is -0.205. The van der Waals surface area contributed by atoms with Crippen molar-refractivity contribution in [2.75, 3.05) is 13.1 Å². The summed E-state index contributed by atoms with van der Waals surface area (Å²) in [7, 11) is 0. The lowest BCUT2D eigenvalue weighted by atomic mass is 9.90. The van der Waals surface area contributed by atoms with Gasteiger partial charge < -0.3 is 10.2 Å². The predicted octanol–water partition coefficient (Wildman–Crippen LogP) is 3.14. The third-order valence-electron chi connectivity index (χ3n) is 4.79. The summed E-state index contributed by atoms with van der Waals surface area (Å²) in [5, 5.41) is 3.72. The highest BCUT2D eigenvalue weighted by molar-refractivity contribution is 6.30. The summed E-state index contributed by atoms with van der Waals surface area (Å²) in [5.41, 5.74) is 3.36. The Balaban J connectivity index is 1.58. The summed E-state index contributed by atoms with van der Waals surface area (Å²) in [6.07, 6.45) is 2.24. The van der Waals surface area contributed by atoms with Crippen LogP contribution < -0.4 is 5.32 Å². The van der Waals surface area contributed by atoms with Crippen molar-refractivity contribution in [2.24, 2.45) is 0 Å². The van der Waals surface area contributed by atoms with Crippen LogP contribution >= 0.6 is 11.6 Å². The van der Waals surface area contributed by atoms with Crippen LogP contribution in [0.1, 0.15) is 27.5 Å². The Kier molecular flexibility index (Phi) is 4.06. The van der Waals surface area contributed by atoms with Gasteiger partial charge in [-0.1, -0.05) is 35.9 Å². The van der Waals surface area contributed by atoms with E-state index in [1.165, 1.54) is 17.2 Å². The number of hydrogen-bond donors (Lipinski definition) is 1. The zero-order chi connectivity index (χ0) is 17.4. The normalized spacial score (nSPS) is 20.7. The first-order chi connectivity index (χ1) is 12.1. The summed E-state index contributed by atoms with van der Waals surface area (Å²) in [4.78, 5) is 27.1. The standard InChI is InChI=1S/C20H17ClN2O2/c21-15-7-5-14(6-8-15)19(24)11-17-20(25)23-10-9-13-3-1-2-4-16(13)18(23)12-22-17/h1-8,11,18,22H,9-10,12H2/b17-11+/t18-/m1/s1. The number of nitrogens with one attached hydrogen (secondary N) is 1. The molecule has 0 bridgehead atoms. The van der Waals surface area contributed by atoms with E-state index in [1.807, 2.05) is 17.0 Å². The number of carbonyl (C=O) groups is 2. The quantitative estimate of drug-likeness (QED) is 0.667. The van der Waals surface area contributed by atoms with Gasteiger partial charge in [-0.3, -0.25) is 9.59 Å². The van der Waals surface area contributed by atoms with Crippen molar-refractivity contribution in [1.29, 1.82) is 0 Å². The number of carbonyl (C=O) groups excluding carboxylic acids is 2. The number of fused-ring (bicyclic) bond motifs is 3.